The molecule has 2 N–H and O–H groups in total. The summed E-state index contributed by atoms with van der Waals surface area (Å²) in [7, 11) is 0. The first-order chi connectivity index (χ1) is 15.1. The Labute approximate surface area is 178 Å². The molecule has 0 aliphatic heterocycles. The maximum absolute atomic E-state index is 13.1. The van der Waals surface area contributed by atoms with Crippen molar-refractivity contribution in [3.8, 4) is 11.3 Å². The Morgan fingerprint density at radius 2 is 1.74 bits per heavy atom. The van der Waals surface area contributed by atoms with Crippen molar-refractivity contribution in [1.29, 1.82) is 0 Å². The Kier molecular flexibility index (Phi) is 4.71. The Morgan fingerprint density at radius 1 is 1.00 bits per heavy atom. The second-order valence-electron chi connectivity index (χ2n) is 7.65. The lowest BCUT2D eigenvalue weighted by molar-refractivity contribution is 0.0950. The number of rotatable bonds is 5. The summed E-state index contributed by atoms with van der Waals surface area (Å²) >= 11 is 0. The molecule has 0 radical (unpaired) electrons. The topological polar surface area (TPSA) is 97.1 Å². The molecule has 2 amide bonds. The summed E-state index contributed by atoms with van der Waals surface area (Å²) in [5.74, 6) is -0.394. The Bertz CT molecular complexity index is 1280. The molecule has 2 heterocycles. The smallest absolute Gasteiger partial charge is 0.259 e. The van der Waals surface area contributed by atoms with E-state index in [1.807, 2.05) is 30.3 Å². The molecular weight excluding hydrogens is 392 g/mol. The highest BCUT2D eigenvalue weighted by molar-refractivity contribution is 6.13. The molecule has 1 saturated carbocycles. The van der Waals surface area contributed by atoms with Gasteiger partial charge >= 0.3 is 0 Å². The van der Waals surface area contributed by atoms with Gasteiger partial charge in [-0.25, -0.2) is 4.98 Å². The minimum atomic E-state index is -0.300. The van der Waals surface area contributed by atoms with Crippen molar-refractivity contribution in [2.75, 3.05) is 5.32 Å². The number of benzene rings is 2. The largest absolute Gasteiger partial charge is 0.349 e. The zero-order valence-corrected chi connectivity index (χ0v) is 16.9. The predicted molar refractivity (Wildman–Crippen MR) is 117 cm³/mol. The molecule has 1 aliphatic rings. The first-order valence-corrected chi connectivity index (χ1v) is 10.1. The van der Waals surface area contributed by atoms with Crippen molar-refractivity contribution in [2.45, 2.75) is 25.8 Å². The van der Waals surface area contributed by atoms with Gasteiger partial charge in [-0.05, 0) is 50.1 Å². The monoisotopic (exact) mass is 412 g/mol. The number of nitrogens with zero attached hydrogens (tertiary/aromatic N) is 2. The van der Waals surface area contributed by atoms with E-state index in [4.69, 9.17) is 4.52 Å². The average molecular weight is 412 g/mol. The fraction of sp³-hybridized carbons (Fsp3) is 0.167. The second kappa shape index (κ2) is 7.68. The summed E-state index contributed by atoms with van der Waals surface area (Å²) < 4.78 is 5.35. The Hall–Kier alpha value is -4.00. The molecule has 1 aliphatic carbocycles. The van der Waals surface area contributed by atoms with Crippen LogP contribution in [0, 0.1) is 6.92 Å². The van der Waals surface area contributed by atoms with Crippen LogP contribution in [0.3, 0.4) is 0 Å². The van der Waals surface area contributed by atoms with E-state index in [2.05, 4.69) is 20.8 Å². The minimum Gasteiger partial charge on any atom is -0.349 e. The third-order valence-corrected chi connectivity index (χ3v) is 5.25. The van der Waals surface area contributed by atoms with Gasteiger partial charge in [0, 0.05) is 22.9 Å². The van der Waals surface area contributed by atoms with Crippen molar-refractivity contribution >= 4 is 28.6 Å². The van der Waals surface area contributed by atoms with Gasteiger partial charge < -0.3 is 15.2 Å². The molecule has 4 aromatic rings. The van der Waals surface area contributed by atoms with Crippen LogP contribution in [0.2, 0.25) is 0 Å². The molecule has 0 bridgehead atoms. The number of fused-ring (bicyclic) bond motifs is 1. The van der Waals surface area contributed by atoms with Crippen molar-refractivity contribution in [3.05, 3.63) is 77.5 Å². The van der Waals surface area contributed by atoms with Crippen molar-refractivity contribution in [3.63, 3.8) is 0 Å². The number of aryl methyl sites for hydroxylation is 1. The molecule has 154 valence electrons. The molecule has 2 aromatic heterocycles. The van der Waals surface area contributed by atoms with Crippen LogP contribution in [-0.4, -0.2) is 28.0 Å². The molecule has 5 rings (SSSR count). The first-order valence-electron chi connectivity index (χ1n) is 10.1. The molecule has 0 saturated heterocycles. The first kappa shape index (κ1) is 19.0. The average Bonchev–Trinajstić information content (AvgIpc) is 3.54. The molecule has 7 heteroatoms. The van der Waals surface area contributed by atoms with E-state index in [0.717, 1.165) is 18.4 Å². The van der Waals surface area contributed by atoms with Crippen LogP contribution in [0.15, 0.2) is 65.2 Å². The molecule has 0 spiro atoms. The fourth-order valence-corrected chi connectivity index (χ4v) is 3.43. The number of pyridine rings is 1. The van der Waals surface area contributed by atoms with Gasteiger partial charge in [-0.2, -0.15) is 0 Å². The van der Waals surface area contributed by atoms with Gasteiger partial charge in [-0.3, -0.25) is 9.59 Å². The lowest BCUT2D eigenvalue weighted by Gasteiger charge is -2.09. The highest BCUT2D eigenvalue weighted by Crippen LogP contribution is 2.28. The van der Waals surface area contributed by atoms with Crippen LogP contribution in [0.5, 0.6) is 0 Å². The number of carbonyl (C=O) groups excluding carboxylic acids is 2. The SMILES string of the molecule is Cc1noc2nc(-c3ccccc3)cc(C(=O)Nc3ccc(C(=O)NC4CC4)cc3)c12. The predicted octanol–water partition coefficient (Wildman–Crippen LogP) is 4.34. The van der Waals surface area contributed by atoms with E-state index in [-0.39, 0.29) is 11.8 Å². The summed E-state index contributed by atoms with van der Waals surface area (Å²) in [6.07, 6.45) is 2.07. The summed E-state index contributed by atoms with van der Waals surface area (Å²) in [5, 5.41) is 10.4. The molecule has 31 heavy (non-hydrogen) atoms. The van der Waals surface area contributed by atoms with Gasteiger partial charge in [0.25, 0.3) is 17.5 Å². The standard InChI is InChI=1S/C24H20N4O3/c1-14-21-19(13-20(27-24(21)31-28-14)15-5-3-2-4-6-15)23(30)26-17-9-7-16(8-10-17)22(29)25-18-11-12-18/h2-10,13,18H,11-12H2,1H3,(H,25,29)(H,26,30). The minimum absolute atomic E-state index is 0.0937. The number of hydrogen-bond acceptors (Lipinski definition) is 5. The summed E-state index contributed by atoms with van der Waals surface area (Å²) in [5.41, 5.74) is 4.00. The molecular formula is C24H20N4O3. The fourth-order valence-electron chi connectivity index (χ4n) is 3.43. The second-order valence-corrected chi connectivity index (χ2v) is 7.65. The third-order valence-electron chi connectivity index (χ3n) is 5.25. The summed E-state index contributed by atoms with van der Waals surface area (Å²) in [6, 6.07) is 18.5. The van der Waals surface area contributed by atoms with E-state index >= 15 is 0 Å². The van der Waals surface area contributed by atoms with E-state index in [0.29, 0.717) is 45.3 Å². The van der Waals surface area contributed by atoms with Crippen LogP contribution < -0.4 is 10.6 Å². The van der Waals surface area contributed by atoms with Crippen molar-refractivity contribution in [2.24, 2.45) is 0 Å². The number of hydrogen-bond donors (Lipinski definition) is 2. The number of anilines is 1. The van der Waals surface area contributed by atoms with Crippen LogP contribution in [0.25, 0.3) is 22.4 Å². The number of amides is 2. The van der Waals surface area contributed by atoms with E-state index in [1.54, 1.807) is 37.3 Å². The zero-order chi connectivity index (χ0) is 21.4. The number of aromatic nitrogens is 2. The molecule has 7 nitrogen and oxygen atoms in total. The molecule has 1 fully saturated rings. The van der Waals surface area contributed by atoms with Gasteiger partial charge in [-0.15, -0.1) is 0 Å². The molecule has 0 unspecified atom stereocenters. The Balaban J connectivity index is 1.43. The van der Waals surface area contributed by atoms with Crippen LogP contribution in [0.1, 0.15) is 39.3 Å². The van der Waals surface area contributed by atoms with Gasteiger partial charge in [0.2, 0.25) is 0 Å². The lowest BCUT2D eigenvalue weighted by atomic mass is 10.0. The van der Waals surface area contributed by atoms with Gasteiger partial charge in [-0.1, -0.05) is 35.5 Å². The van der Waals surface area contributed by atoms with Gasteiger partial charge in [0.15, 0.2) is 0 Å². The highest BCUT2D eigenvalue weighted by Gasteiger charge is 2.24. The maximum atomic E-state index is 13.1. The van der Waals surface area contributed by atoms with E-state index < -0.39 is 0 Å². The van der Waals surface area contributed by atoms with Crippen LogP contribution in [-0.2, 0) is 0 Å². The molecule has 0 atom stereocenters. The summed E-state index contributed by atoms with van der Waals surface area (Å²) in [4.78, 5) is 29.8. The van der Waals surface area contributed by atoms with Gasteiger partial charge in [0.1, 0.15) is 0 Å². The number of carbonyl (C=O) groups is 2. The Morgan fingerprint density at radius 3 is 2.45 bits per heavy atom. The van der Waals surface area contributed by atoms with Crippen LogP contribution >= 0.6 is 0 Å². The van der Waals surface area contributed by atoms with E-state index in [9.17, 15) is 9.59 Å². The van der Waals surface area contributed by atoms with E-state index in [1.165, 1.54) is 0 Å². The quantitative estimate of drug-likeness (QED) is 0.508. The maximum Gasteiger partial charge on any atom is 0.259 e. The third kappa shape index (κ3) is 3.90. The lowest BCUT2D eigenvalue weighted by Crippen LogP contribution is -2.25. The molecule has 2 aromatic carbocycles. The summed E-state index contributed by atoms with van der Waals surface area (Å²) in [6.45, 7) is 1.78. The van der Waals surface area contributed by atoms with Crippen molar-refractivity contribution < 1.29 is 14.1 Å². The number of nitrogens with one attached hydrogen (secondary N) is 2. The zero-order valence-electron chi connectivity index (χ0n) is 16.9. The van der Waals surface area contributed by atoms with Gasteiger partial charge in [0.05, 0.1) is 22.3 Å². The van der Waals surface area contributed by atoms with Crippen molar-refractivity contribution in [1.82, 2.24) is 15.5 Å². The van der Waals surface area contributed by atoms with Crippen LogP contribution in [0.4, 0.5) is 5.69 Å². The normalized spacial score (nSPS) is 13.2. The highest BCUT2D eigenvalue weighted by atomic mass is 16.5.